The number of hydrogen-bond donors (Lipinski definition) is 1. The third-order valence-corrected chi connectivity index (χ3v) is 7.31. The summed E-state index contributed by atoms with van der Waals surface area (Å²) in [6, 6.07) is 13.8. The van der Waals surface area contributed by atoms with Gasteiger partial charge in [-0.05, 0) is 57.5 Å². The van der Waals surface area contributed by atoms with Gasteiger partial charge < -0.3 is 15.0 Å². The molecule has 2 aliphatic heterocycles. The van der Waals surface area contributed by atoms with Gasteiger partial charge in [-0.1, -0.05) is 41.4 Å². The molecule has 2 atom stereocenters. The van der Waals surface area contributed by atoms with E-state index in [1.807, 2.05) is 49.9 Å². The van der Waals surface area contributed by atoms with Gasteiger partial charge in [-0.25, -0.2) is 9.59 Å². The summed E-state index contributed by atoms with van der Waals surface area (Å²) in [4.78, 5) is 45.3. The van der Waals surface area contributed by atoms with E-state index in [9.17, 15) is 14.4 Å². The summed E-state index contributed by atoms with van der Waals surface area (Å²) in [6.45, 7) is 10.4. The molecule has 2 heterocycles. The number of amides is 3. The molecule has 8 nitrogen and oxygen atoms in total. The third kappa shape index (κ3) is 5.87. The van der Waals surface area contributed by atoms with Crippen LogP contribution in [0.1, 0.15) is 48.3 Å². The smallest absolute Gasteiger partial charge is 0.338 e. The second-order valence-electron chi connectivity index (χ2n) is 9.71. The number of carbonyl (C=O) groups excluding carboxylic acids is 3. The summed E-state index contributed by atoms with van der Waals surface area (Å²) >= 11 is 5.99. The van der Waals surface area contributed by atoms with Crippen LogP contribution in [-0.2, 0) is 9.53 Å². The molecule has 0 radical (unpaired) electrons. The molecule has 3 amide bonds. The normalized spacial score (nSPS) is 20.4. The van der Waals surface area contributed by atoms with Crippen LogP contribution in [0.5, 0.6) is 0 Å². The highest BCUT2D eigenvalue weighted by Gasteiger charge is 2.39. The molecule has 1 saturated heterocycles. The highest BCUT2D eigenvalue weighted by Crippen LogP contribution is 2.33. The van der Waals surface area contributed by atoms with Crippen molar-refractivity contribution >= 4 is 29.5 Å². The first-order chi connectivity index (χ1) is 18.2. The van der Waals surface area contributed by atoms with E-state index < -0.39 is 12.0 Å². The number of halogens is 1. The molecule has 0 aromatic heterocycles. The quantitative estimate of drug-likeness (QED) is 0.528. The van der Waals surface area contributed by atoms with Crippen molar-refractivity contribution < 1.29 is 19.1 Å². The predicted molar refractivity (Wildman–Crippen MR) is 147 cm³/mol. The molecule has 202 valence electrons. The van der Waals surface area contributed by atoms with Crippen LogP contribution in [0.4, 0.5) is 4.79 Å². The molecule has 9 heteroatoms. The molecule has 0 saturated carbocycles. The molecule has 4 rings (SSSR count). The number of likely N-dealkylation sites (N-methyl/N-ethyl adjacent to an activating group) is 1. The van der Waals surface area contributed by atoms with E-state index in [4.69, 9.17) is 16.3 Å². The highest BCUT2D eigenvalue weighted by molar-refractivity contribution is 6.30. The SMILES string of the molecule is CCOC(=O)C1=C(CN2CCN(C(=O)c3ccc(Cl)cc3)[C@@H](C)C2)N(CC)C(=O)N[C@H]1c1cccc(C)c1. The van der Waals surface area contributed by atoms with E-state index in [2.05, 4.69) is 10.2 Å². The van der Waals surface area contributed by atoms with E-state index in [-0.39, 0.29) is 24.6 Å². The van der Waals surface area contributed by atoms with Gasteiger partial charge >= 0.3 is 12.0 Å². The van der Waals surface area contributed by atoms with Gasteiger partial charge in [0.05, 0.1) is 18.2 Å². The molecule has 0 bridgehead atoms. The van der Waals surface area contributed by atoms with E-state index >= 15 is 0 Å². The van der Waals surface area contributed by atoms with Gasteiger partial charge in [-0.15, -0.1) is 0 Å². The van der Waals surface area contributed by atoms with Gasteiger partial charge in [0, 0.05) is 55.0 Å². The lowest BCUT2D eigenvalue weighted by molar-refractivity contribution is -0.139. The average molecular weight is 539 g/mol. The second kappa shape index (κ2) is 12.0. The fourth-order valence-corrected chi connectivity index (χ4v) is 5.33. The van der Waals surface area contributed by atoms with Gasteiger partial charge in [0.2, 0.25) is 0 Å². The van der Waals surface area contributed by atoms with Crippen molar-refractivity contribution in [1.82, 2.24) is 20.0 Å². The van der Waals surface area contributed by atoms with Crippen molar-refractivity contribution in [2.45, 2.75) is 39.8 Å². The topological polar surface area (TPSA) is 82.2 Å². The van der Waals surface area contributed by atoms with Crippen molar-refractivity contribution in [2.24, 2.45) is 0 Å². The van der Waals surface area contributed by atoms with Crippen LogP contribution in [0.2, 0.25) is 5.02 Å². The Kier molecular flexibility index (Phi) is 8.74. The van der Waals surface area contributed by atoms with Crippen LogP contribution in [0.15, 0.2) is 59.8 Å². The van der Waals surface area contributed by atoms with E-state index in [0.29, 0.717) is 54.6 Å². The Hall–Kier alpha value is -3.36. The monoisotopic (exact) mass is 538 g/mol. The fourth-order valence-electron chi connectivity index (χ4n) is 5.21. The Morgan fingerprint density at radius 1 is 1.11 bits per heavy atom. The number of urea groups is 1. The summed E-state index contributed by atoms with van der Waals surface area (Å²) in [5, 5.41) is 3.61. The number of hydrogen-bond acceptors (Lipinski definition) is 5. The number of carbonyl (C=O) groups is 3. The fraction of sp³-hybridized carbons (Fsp3) is 0.414. The van der Waals surface area contributed by atoms with Gasteiger partial charge in [-0.3, -0.25) is 14.6 Å². The molecule has 2 aromatic carbocycles. The molecule has 1 fully saturated rings. The van der Waals surface area contributed by atoms with E-state index in [1.54, 1.807) is 36.1 Å². The maximum Gasteiger partial charge on any atom is 0.338 e. The van der Waals surface area contributed by atoms with Crippen LogP contribution < -0.4 is 5.32 Å². The molecule has 0 spiro atoms. The second-order valence-corrected chi connectivity index (χ2v) is 10.1. The average Bonchev–Trinajstić information content (AvgIpc) is 2.89. The van der Waals surface area contributed by atoms with Crippen LogP contribution in [0.3, 0.4) is 0 Å². The molecular formula is C29H35ClN4O4. The molecule has 1 N–H and O–H groups in total. The molecule has 38 heavy (non-hydrogen) atoms. The maximum absolute atomic E-state index is 13.3. The molecular weight excluding hydrogens is 504 g/mol. The highest BCUT2D eigenvalue weighted by atomic mass is 35.5. The van der Waals surface area contributed by atoms with Gasteiger partial charge in [0.25, 0.3) is 5.91 Å². The first kappa shape index (κ1) is 27.7. The summed E-state index contributed by atoms with van der Waals surface area (Å²) in [5.74, 6) is -0.468. The molecule has 2 aromatic rings. The van der Waals surface area contributed by atoms with E-state index in [1.165, 1.54) is 0 Å². The number of nitrogens with one attached hydrogen (secondary N) is 1. The van der Waals surface area contributed by atoms with Gasteiger partial charge in [0.1, 0.15) is 0 Å². The predicted octanol–water partition coefficient (Wildman–Crippen LogP) is 4.40. The number of esters is 1. The number of ether oxygens (including phenoxy) is 1. The Morgan fingerprint density at radius 3 is 2.47 bits per heavy atom. The summed E-state index contributed by atoms with van der Waals surface area (Å²) in [7, 11) is 0. The van der Waals surface area contributed by atoms with E-state index in [0.717, 1.165) is 11.1 Å². The minimum atomic E-state index is -0.607. The standard InChI is InChI=1S/C29H35ClN4O4/c1-5-33-24(18-32-14-15-34(20(4)17-32)27(35)21-10-12-23(30)13-11-21)25(28(36)38-6-2)26(31-29(33)37)22-9-7-8-19(3)16-22/h7-13,16,20,26H,5-6,14-15,17-18H2,1-4H3,(H,31,37)/t20-,26-/m0/s1. The minimum absolute atomic E-state index is 0.0352. The van der Waals surface area contributed by atoms with Crippen LogP contribution in [-0.4, -0.2) is 78.0 Å². The zero-order valence-corrected chi connectivity index (χ0v) is 23.1. The molecule has 0 aliphatic carbocycles. The van der Waals surface area contributed by atoms with Crippen molar-refractivity contribution in [1.29, 1.82) is 0 Å². The van der Waals surface area contributed by atoms with Crippen molar-refractivity contribution in [3.05, 3.63) is 81.5 Å². The van der Waals surface area contributed by atoms with Gasteiger partial charge in [0.15, 0.2) is 0 Å². The Bertz CT molecular complexity index is 1230. The lowest BCUT2D eigenvalue weighted by Crippen LogP contribution is -2.56. The number of nitrogens with zero attached hydrogens (tertiary/aromatic N) is 3. The number of benzene rings is 2. The van der Waals surface area contributed by atoms with Crippen molar-refractivity contribution in [3.8, 4) is 0 Å². The molecule has 0 unspecified atom stereocenters. The number of piperazine rings is 1. The first-order valence-electron chi connectivity index (χ1n) is 13.1. The lowest BCUT2D eigenvalue weighted by Gasteiger charge is -2.43. The third-order valence-electron chi connectivity index (χ3n) is 7.06. The first-order valence-corrected chi connectivity index (χ1v) is 13.4. The largest absolute Gasteiger partial charge is 0.463 e. The Morgan fingerprint density at radius 2 is 1.84 bits per heavy atom. The number of aryl methyl sites for hydroxylation is 1. The lowest BCUT2D eigenvalue weighted by atomic mass is 9.93. The van der Waals surface area contributed by atoms with Crippen molar-refractivity contribution in [2.75, 3.05) is 39.3 Å². The zero-order chi connectivity index (χ0) is 27.4. The van der Waals surface area contributed by atoms with Crippen LogP contribution in [0, 0.1) is 6.92 Å². The van der Waals surface area contributed by atoms with Crippen LogP contribution >= 0.6 is 11.6 Å². The summed E-state index contributed by atoms with van der Waals surface area (Å²) < 4.78 is 5.48. The summed E-state index contributed by atoms with van der Waals surface area (Å²) in [6.07, 6.45) is 0. The zero-order valence-electron chi connectivity index (χ0n) is 22.4. The number of rotatable bonds is 7. The van der Waals surface area contributed by atoms with Gasteiger partial charge in [-0.2, -0.15) is 0 Å². The van der Waals surface area contributed by atoms with Crippen LogP contribution in [0.25, 0.3) is 0 Å². The van der Waals surface area contributed by atoms with Crippen molar-refractivity contribution in [3.63, 3.8) is 0 Å². The maximum atomic E-state index is 13.3. The molecule has 2 aliphatic rings. The summed E-state index contributed by atoms with van der Waals surface area (Å²) in [5.41, 5.74) is 3.57. The Labute approximate surface area is 229 Å². The Balaban J connectivity index is 1.62. The minimum Gasteiger partial charge on any atom is -0.463 e.